The molecule has 0 aliphatic heterocycles. The third-order valence-corrected chi connectivity index (χ3v) is 3.85. The second kappa shape index (κ2) is 6.12. The number of halogens is 2. The van der Waals surface area contributed by atoms with Crippen LogP contribution in [0, 0.1) is 5.82 Å². The van der Waals surface area contributed by atoms with Crippen LogP contribution in [0.15, 0.2) is 22.7 Å². The number of hydrogen-bond donors (Lipinski definition) is 0. The van der Waals surface area contributed by atoms with Crippen LogP contribution in [0.3, 0.4) is 0 Å². The highest BCUT2D eigenvalue weighted by Gasteiger charge is 2.37. The molecule has 7 heteroatoms. The second-order valence-corrected chi connectivity index (χ2v) is 5.63. The second-order valence-electron chi connectivity index (χ2n) is 5.22. The van der Waals surface area contributed by atoms with E-state index in [-0.39, 0.29) is 34.4 Å². The fourth-order valence-corrected chi connectivity index (χ4v) is 2.55. The summed E-state index contributed by atoms with van der Waals surface area (Å²) in [6.45, 7) is 1.80. The summed E-state index contributed by atoms with van der Waals surface area (Å²) in [6, 6.07) is 3.45. The molecule has 0 spiro atoms. The fourth-order valence-electron chi connectivity index (χ4n) is 2.29. The van der Waals surface area contributed by atoms with E-state index in [1.165, 1.54) is 6.07 Å². The van der Waals surface area contributed by atoms with Gasteiger partial charge in [-0.25, -0.2) is 9.18 Å². The van der Waals surface area contributed by atoms with Crippen LogP contribution in [0.2, 0.25) is 5.02 Å². The first-order valence-corrected chi connectivity index (χ1v) is 7.57. The Bertz CT molecular complexity index is 782. The number of benzene rings is 1. The summed E-state index contributed by atoms with van der Waals surface area (Å²) < 4.78 is 23.3. The van der Waals surface area contributed by atoms with E-state index in [2.05, 4.69) is 5.16 Å². The molecule has 1 aromatic heterocycles. The van der Waals surface area contributed by atoms with Gasteiger partial charge in [0, 0.05) is 11.5 Å². The number of esters is 1. The van der Waals surface area contributed by atoms with Crippen molar-refractivity contribution in [3.05, 3.63) is 51.6 Å². The third-order valence-electron chi connectivity index (χ3n) is 3.54. The maximum Gasteiger partial charge on any atom is 0.361 e. The van der Waals surface area contributed by atoms with Gasteiger partial charge >= 0.3 is 5.97 Å². The highest BCUT2D eigenvalue weighted by molar-refractivity contribution is 6.35. The van der Waals surface area contributed by atoms with E-state index < -0.39 is 17.6 Å². The molecule has 1 fully saturated rings. The summed E-state index contributed by atoms with van der Waals surface area (Å²) in [5.74, 6) is -1.39. The van der Waals surface area contributed by atoms with Gasteiger partial charge in [0.25, 0.3) is 0 Å². The SMILES string of the molecule is CCOC(=O)c1noc(C2CC2)c1C(=O)c1ccc(F)cc1Cl. The van der Waals surface area contributed by atoms with Crippen molar-refractivity contribution in [2.24, 2.45) is 0 Å². The maximum atomic E-state index is 13.2. The monoisotopic (exact) mass is 337 g/mol. The van der Waals surface area contributed by atoms with Crippen molar-refractivity contribution in [2.75, 3.05) is 6.61 Å². The van der Waals surface area contributed by atoms with E-state index in [9.17, 15) is 14.0 Å². The zero-order valence-corrected chi connectivity index (χ0v) is 13.0. The molecule has 0 saturated heterocycles. The number of carbonyl (C=O) groups is 2. The Morgan fingerprint density at radius 2 is 2.17 bits per heavy atom. The summed E-state index contributed by atoms with van der Waals surface area (Å²) in [7, 11) is 0. The molecule has 5 nitrogen and oxygen atoms in total. The highest BCUT2D eigenvalue weighted by atomic mass is 35.5. The Balaban J connectivity index is 2.07. The van der Waals surface area contributed by atoms with Crippen molar-refractivity contribution in [2.45, 2.75) is 25.7 Å². The largest absolute Gasteiger partial charge is 0.461 e. The van der Waals surface area contributed by atoms with Gasteiger partial charge in [-0.3, -0.25) is 4.79 Å². The molecule has 23 heavy (non-hydrogen) atoms. The average Bonchev–Trinajstić information content (AvgIpc) is 3.25. The van der Waals surface area contributed by atoms with Crippen molar-refractivity contribution in [3.8, 4) is 0 Å². The Morgan fingerprint density at radius 1 is 1.43 bits per heavy atom. The van der Waals surface area contributed by atoms with Crippen LogP contribution in [0.1, 0.15) is 57.9 Å². The highest BCUT2D eigenvalue weighted by Crippen LogP contribution is 2.43. The topological polar surface area (TPSA) is 69.4 Å². The molecule has 3 rings (SSSR count). The molecule has 1 aliphatic rings. The Morgan fingerprint density at radius 3 is 2.78 bits per heavy atom. The Labute approximate surface area is 136 Å². The van der Waals surface area contributed by atoms with E-state index in [4.69, 9.17) is 20.9 Å². The number of ether oxygens (including phenoxy) is 1. The molecule has 0 unspecified atom stereocenters. The zero-order valence-electron chi connectivity index (χ0n) is 12.3. The van der Waals surface area contributed by atoms with Crippen molar-refractivity contribution in [3.63, 3.8) is 0 Å². The van der Waals surface area contributed by atoms with Crippen LogP contribution in [-0.4, -0.2) is 23.5 Å². The van der Waals surface area contributed by atoms with Gasteiger partial charge in [-0.1, -0.05) is 16.8 Å². The molecule has 0 N–H and O–H groups in total. The first kappa shape index (κ1) is 15.7. The quantitative estimate of drug-likeness (QED) is 0.614. The maximum absolute atomic E-state index is 13.2. The molecule has 2 aromatic rings. The van der Waals surface area contributed by atoms with Crippen molar-refractivity contribution in [1.29, 1.82) is 0 Å². The zero-order chi connectivity index (χ0) is 16.6. The Hall–Kier alpha value is -2.21. The van der Waals surface area contributed by atoms with Crippen molar-refractivity contribution >= 4 is 23.4 Å². The molecule has 0 atom stereocenters. The van der Waals surface area contributed by atoms with E-state index >= 15 is 0 Å². The minimum atomic E-state index is -0.732. The number of aromatic nitrogens is 1. The predicted molar refractivity (Wildman–Crippen MR) is 79.3 cm³/mol. The predicted octanol–water partition coefficient (Wildman–Crippen LogP) is 3.75. The van der Waals surface area contributed by atoms with E-state index in [0.29, 0.717) is 5.76 Å². The minimum Gasteiger partial charge on any atom is -0.461 e. The van der Waals surface area contributed by atoms with E-state index in [1.807, 2.05) is 0 Å². The summed E-state index contributed by atoms with van der Waals surface area (Å²) in [5, 5.41) is 3.67. The van der Waals surface area contributed by atoms with Crippen molar-refractivity contribution in [1.82, 2.24) is 5.16 Å². The smallest absolute Gasteiger partial charge is 0.361 e. The van der Waals surface area contributed by atoms with Gasteiger partial charge in [0.1, 0.15) is 11.4 Å². The minimum absolute atomic E-state index is 0.0345. The van der Waals surface area contributed by atoms with Gasteiger partial charge < -0.3 is 9.26 Å². The first-order valence-electron chi connectivity index (χ1n) is 7.19. The number of ketones is 1. The van der Waals surface area contributed by atoms with Crippen LogP contribution in [0.4, 0.5) is 4.39 Å². The van der Waals surface area contributed by atoms with Gasteiger partial charge in [-0.2, -0.15) is 0 Å². The number of nitrogens with zero attached hydrogens (tertiary/aromatic N) is 1. The first-order chi connectivity index (χ1) is 11.0. The van der Waals surface area contributed by atoms with E-state index in [0.717, 1.165) is 25.0 Å². The van der Waals surface area contributed by atoms with Gasteiger partial charge in [-0.15, -0.1) is 0 Å². The molecule has 1 saturated carbocycles. The lowest BCUT2D eigenvalue weighted by atomic mass is 9.99. The van der Waals surface area contributed by atoms with Crippen LogP contribution in [-0.2, 0) is 4.74 Å². The Kier molecular flexibility index (Phi) is 4.17. The van der Waals surface area contributed by atoms with Crippen LogP contribution in [0.5, 0.6) is 0 Å². The third kappa shape index (κ3) is 2.99. The van der Waals surface area contributed by atoms with Crippen LogP contribution >= 0.6 is 11.6 Å². The number of carbonyl (C=O) groups excluding carboxylic acids is 2. The molecule has 0 bridgehead atoms. The molecular weight excluding hydrogens is 325 g/mol. The molecule has 1 heterocycles. The van der Waals surface area contributed by atoms with Crippen molar-refractivity contribution < 1.29 is 23.2 Å². The molecule has 0 amide bonds. The van der Waals surface area contributed by atoms with Gasteiger partial charge in [0.05, 0.1) is 11.6 Å². The van der Waals surface area contributed by atoms with Gasteiger partial charge in [0.2, 0.25) is 11.5 Å². The molecule has 1 aliphatic carbocycles. The fraction of sp³-hybridized carbons (Fsp3) is 0.312. The molecule has 0 radical (unpaired) electrons. The summed E-state index contributed by atoms with van der Waals surface area (Å²) >= 11 is 5.95. The summed E-state index contributed by atoms with van der Waals surface area (Å²) in [4.78, 5) is 24.8. The molecule has 1 aromatic carbocycles. The lowest BCUT2D eigenvalue weighted by Gasteiger charge is -2.05. The van der Waals surface area contributed by atoms with Crippen LogP contribution < -0.4 is 0 Å². The van der Waals surface area contributed by atoms with Gasteiger partial charge in [0.15, 0.2) is 5.76 Å². The summed E-state index contributed by atoms with van der Waals surface area (Å²) in [5.41, 5.74) is -0.0256. The number of rotatable bonds is 5. The molecular formula is C16H13ClFNO4. The number of hydrogen-bond acceptors (Lipinski definition) is 5. The molecule has 120 valence electrons. The van der Waals surface area contributed by atoms with Crippen LogP contribution in [0.25, 0.3) is 0 Å². The lowest BCUT2D eigenvalue weighted by molar-refractivity contribution is 0.0512. The van der Waals surface area contributed by atoms with E-state index in [1.54, 1.807) is 6.92 Å². The normalized spacial score (nSPS) is 13.9. The summed E-state index contributed by atoms with van der Waals surface area (Å²) in [6.07, 6.45) is 1.71. The average molecular weight is 338 g/mol. The standard InChI is InChI=1S/C16H13ClFNO4/c1-2-22-16(21)13-12(15(23-19-13)8-3-4-8)14(20)10-6-5-9(18)7-11(10)17/h5-8H,2-4H2,1H3. The van der Waals surface area contributed by atoms with Gasteiger partial charge in [-0.05, 0) is 38.0 Å². The lowest BCUT2D eigenvalue weighted by Crippen LogP contribution is -2.13.